The van der Waals surface area contributed by atoms with Gasteiger partial charge in [-0.05, 0) is 101 Å². The summed E-state index contributed by atoms with van der Waals surface area (Å²) >= 11 is 0. The van der Waals surface area contributed by atoms with E-state index in [1.165, 1.54) is 17.4 Å². The zero-order valence-electron chi connectivity index (χ0n) is 23.0. The molecule has 2 aromatic rings. The minimum Gasteiger partial charge on any atom is -0.371 e. The fourth-order valence-corrected chi connectivity index (χ4v) is 7.42. The molecule has 5 heterocycles. The van der Waals surface area contributed by atoms with Crippen LogP contribution in [0.4, 0.5) is 10.1 Å². The van der Waals surface area contributed by atoms with Gasteiger partial charge in [-0.3, -0.25) is 24.0 Å². The number of benzene rings is 1. The number of carbonyl (C=O) groups is 2. The molecular formula is C29H41FN6O3. The number of anilines is 1. The van der Waals surface area contributed by atoms with Crippen molar-refractivity contribution in [2.24, 2.45) is 18.9 Å². The summed E-state index contributed by atoms with van der Waals surface area (Å²) in [6, 6.07) is 5.39. The van der Waals surface area contributed by atoms with Gasteiger partial charge in [-0.1, -0.05) is 0 Å². The SMILES string of the molecule is Cn1c(=O)n(C2CCC(=O)NC2=O)c2ccc(N3CCC(C4CCN(CC5(F)CCNCC5)CC4)CC3)cc21. The van der Waals surface area contributed by atoms with Crippen LogP contribution in [-0.4, -0.2) is 77.3 Å². The number of likely N-dealkylation sites (tertiary alicyclic amines) is 1. The van der Waals surface area contributed by atoms with Gasteiger partial charge in [0.25, 0.3) is 0 Å². The summed E-state index contributed by atoms with van der Waals surface area (Å²) in [7, 11) is 1.74. The highest BCUT2D eigenvalue weighted by Crippen LogP contribution is 2.36. The molecule has 0 radical (unpaired) electrons. The summed E-state index contributed by atoms with van der Waals surface area (Å²) in [6.07, 6.45) is 6.47. The van der Waals surface area contributed by atoms with Gasteiger partial charge < -0.3 is 15.1 Å². The average Bonchev–Trinajstić information content (AvgIpc) is 3.18. The Morgan fingerprint density at radius 2 is 1.59 bits per heavy atom. The maximum Gasteiger partial charge on any atom is 0.329 e. The first-order valence-electron chi connectivity index (χ1n) is 14.7. The third kappa shape index (κ3) is 5.25. The lowest BCUT2D eigenvalue weighted by atomic mass is 9.78. The molecule has 2 N–H and O–H groups in total. The summed E-state index contributed by atoms with van der Waals surface area (Å²) in [6.45, 7) is 6.17. The number of alkyl halides is 1. The minimum atomic E-state index is -1.02. The van der Waals surface area contributed by atoms with Crippen molar-refractivity contribution in [2.75, 3.05) is 50.7 Å². The van der Waals surface area contributed by atoms with Gasteiger partial charge in [0.1, 0.15) is 11.7 Å². The number of rotatable bonds is 5. The summed E-state index contributed by atoms with van der Waals surface area (Å²) in [4.78, 5) is 41.9. The molecule has 6 rings (SSSR count). The van der Waals surface area contributed by atoms with Crippen molar-refractivity contribution < 1.29 is 14.0 Å². The standard InChI is InChI=1S/C29H41FN6O3/c1-33-25-18-22(2-3-23(25)36(28(33)39)24-4-5-26(37)32-27(24)38)35-16-8-21(9-17-35)20-6-14-34(15-7-20)19-29(30)10-12-31-13-11-29/h2-3,18,20-21,24,31H,4-17,19H2,1H3,(H,32,37,38). The smallest absolute Gasteiger partial charge is 0.329 e. The summed E-state index contributed by atoms with van der Waals surface area (Å²) in [5, 5.41) is 5.64. The largest absolute Gasteiger partial charge is 0.371 e. The van der Waals surface area contributed by atoms with Crippen molar-refractivity contribution in [1.29, 1.82) is 0 Å². The van der Waals surface area contributed by atoms with Crippen LogP contribution >= 0.6 is 0 Å². The van der Waals surface area contributed by atoms with E-state index >= 15 is 4.39 Å². The van der Waals surface area contributed by atoms with E-state index in [0.717, 1.165) is 74.7 Å². The lowest BCUT2D eigenvalue weighted by Crippen LogP contribution is -2.49. The van der Waals surface area contributed by atoms with E-state index in [1.807, 2.05) is 6.07 Å². The van der Waals surface area contributed by atoms with Crippen LogP contribution < -0.4 is 21.2 Å². The quantitative estimate of drug-likeness (QED) is 0.566. The zero-order valence-corrected chi connectivity index (χ0v) is 23.0. The second-order valence-corrected chi connectivity index (χ2v) is 12.2. The first-order valence-corrected chi connectivity index (χ1v) is 14.7. The van der Waals surface area contributed by atoms with Crippen molar-refractivity contribution in [3.8, 4) is 0 Å². The van der Waals surface area contributed by atoms with Gasteiger partial charge >= 0.3 is 5.69 Å². The fourth-order valence-electron chi connectivity index (χ4n) is 7.42. The number of imide groups is 1. The number of imidazole rings is 1. The molecule has 212 valence electrons. The Labute approximate surface area is 228 Å². The van der Waals surface area contributed by atoms with Crippen molar-refractivity contribution in [1.82, 2.24) is 24.7 Å². The van der Waals surface area contributed by atoms with Crippen molar-refractivity contribution in [3.05, 3.63) is 28.7 Å². The Morgan fingerprint density at radius 3 is 2.26 bits per heavy atom. The number of amides is 2. The van der Waals surface area contributed by atoms with Gasteiger partial charge in [-0.2, -0.15) is 0 Å². The van der Waals surface area contributed by atoms with E-state index < -0.39 is 17.6 Å². The van der Waals surface area contributed by atoms with Crippen LogP contribution in [-0.2, 0) is 16.6 Å². The van der Waals surface area contributed by atoms with Crippen molar-refractivity contribution in [2.45, 2.75) is 63.1 Å². The molecule has 0 bridgehead atoms. The van der Waals surface area contributed by atoms with E-state index in [0.29, 0.717) is 31.7 Å². The number of nitrogens with one attached hydrogen (secondary N) is 2. The van der Waals surface area contributed by atoms with Crippen LogP contribution in [0.5, 0.6) is 0 Å². The number of fused-ring (bicyclic) bond motifs is 1. The van der Waals surface area contributed by atoms with Crippen LogP contribution in [0.3, 0.4) is 0 Å². The monoisotopic (exact) mass is 540 g/mol. The third-order valence-corrected chi connectivity index (χ3v) is 9.80. The highest BCUT2D eigenvalue weighted by Gasteiger charge is 2.36. The van der Waals surface area contributed by atoms with Gasteiger partial charge in [-0.15, -0.1) is 0 Å². The normalized spacial score (nSPS) is 25.8. The summed E-state index contributed by atoms with van der Waals surface area (Å²) in [5.41, 5.74) is 1.37. The average molecular weight is 541 g/mol. The number of nitrogens with zero attached hydrogens (tertiary/aromatic N) is 4. The number of aromatic nitrogens is 2. The maximum absolute atomic E-state index is 15.1. The van der Waals surface area contributed by atoms with E-state index in [2.05, 4.69) is 32.6 Å². The fraction of sp³-hybridized carbons (Fsp3) is 0.690. The molecule has 1 aromatic carbocycles. The topological polar surface area (TPSA) is 91.6 Å². The Bertz CT molecular complexity index is 1280. The highest BCUT2D eigenvalue weighted by molar-refractivity contribution is 6.00. The molecule has 0 aliphatic carbocycles. The summed E-state index contributed by atoms with van der Waals surface area (Å²) < 4.78 is 18.3. The van der Waals surface area contributed by atoms with Crippen molar-refractivity contribution in [3.63, 3.8) is 0 Å². The first-order chi connectivity index (χ1) is 18.8. The van der Waals surface area contributed by atoms with E-state index in [4.69, 9.17) is 0 Å². The number of hydrogen-bond acceptors (Lipinski definition) is 6. The molecule has 10 heteroatoms. The van der Waals surface area contributed by atoms with Crippen LogP contribution in [0.25, 0.3) is 11.0 Å². The van der Waals surface area contributed by atoms with Crippen LogP contribution in [0, 0.1) is 11.8 Å². The molecule has 9 nitrogen and oxygen atoms in total. The van der Waals surface area contributed by atoms with Crippen molar-refractivity contribution >= 4 is 28.5 Å². The van der Waals surface area contributed by atoms with Crippen LogP contribution in [0.2, 0.25) is 0 Å². The molecule has 1 atom stereocenters. The molecule has 2 amide bonds. The summed E-state index contributed by atoms with van der Waals surface area (Å²) in [5.74, 6) is 0.737. The van der Waals surface area contributed by atoms with Gasteiger partial charge in [-0.25, -0.2) is 9.18 Å². The first kappa shape index (κ1) is 26.5. The second-order valence-electron chi connectivity index (χ2n) is 12.2. The number of aryl methyl sites for hydroxylation is 1. The Morgan fingerprint density at radius 1 is 0.923 bits per heavy atom. The Kier molecular flexibility index (Phi) is 7.26. The van der Waals surface area contributed by atoms with Gasteiger partial charge in [0, 0.05) is 38.8 Å². The second kappa shape index (κ2) is 10.7. The van der Waals surface area contributed by atoms with Crippen LogP contribution in [0.1, 0.15) is 57.4 Å². The molecule has 1 unspecified atom stereocenters. The molecule has 39 heavy (non-hydrogen) atoms. The van der Waals surface area contributed by atoms with Gasteiger partial charge in [0.15, 0.2) is 0 Å². The van der Waals surface area contributed by atoms with Gasteiger partial charge in [0.05, 0.1) is 11.0 Å². The molecule has 1 aromatic heterocycles. The molecule has 4 aliphatic rings. The van der Waals surface area contributed by atoms with E-state index in [1.54, 1.807) is 11.6 Å². The lowest BCUT2D eigenvalue weighted by Gasteiger charge is -2.42. The maximum atomic E-state index is 15.1. The molecule has 4 aliphatic heterocycles. The van der Waals surface area contributed by atoms with E-state index in [-0.39, 0.29) is 18.0 Å². The number of piperidine rings is 4. The van der Waals surface area contributed by atoms with E-state index in [9.17, 15) is 14.4 Å². The lowest BCUT2D eigenvalue weighted by molar-refractivity contribution is -0.135. The Balaban J connectivity index is 1.07. The molecule has 4 saturated heterocycles. The molecule has 0 saturated carbocycles. The predicted octanol–water partition coefficient (Wildman–Crippen LogP) is 2.34. The number of halogens is 1. The predicted molar refractivity (Wildman–Crippen MR) is 149 cm³/mol. The Hall–Kier alpha value is -2.72. The molecular weight excluding hydrogens is 499 g/mol. The van der Waals surface area contributed by atoms with Gasteiger partial charge in [0.2, 0.25) is 11.8 Å². The molecule has 0 spiro atoms. The zero-order chi connectivity index (χ0) is 27.1. The number of hydrogen-bond donors (Lipinski definition) is 2. The minimum absolute atomic E-state index is 0.236. The third-order valence-electron chi connectivity index (χ3n) is 9.80. The number of carbonyl (C=O) groups excluding carboxylic acids is 2. The highest BCUT2D eigenvalue weighted by atomic mass is 19.1. The van der Waals surface area contributed by atoms with Crippen LogP contribution in [0.15, 0.2) is 23.0 Å². The molecule has 4 fully saturated rings.